The minimum atomic E-state index is 0.0425. The van der Waals surface area contributed by atoms with Crippen molar-refractivity contribution in [3.63, 3.8) is 0 Å². The lowest BCUT2D eigenvalue weighted by molar-refractivity contribution is 0.0301. The highest BCUT2D eigenvalue weighted by molar-refractivity contribution is 5.06. The summed E-state index contributed by atoms with van der Waals surface area (Å²) in [5.74, 6) is 0.565. The summed E-state index contributed by atoms with van der Waals surface area (Å²) in [5.41, 5.74) is 0.372. The molecule has 1 heterocycles. The van der Waals surface area contributed by atoms with Gasteiger partial charge in [0, 0.05) is 11.8 Å². The third kappa shape index (κ3) is 1.73. The topological polar surface area (TPSA) is 29.5 Å². The largest absolute Gasteiger partial charge is 0.513 e. The zero-order chi connectivity index (χ0) is 9.53. The summed E-state index contributed by atoms with van der Waals surface area (Å²) in [7, 11) is 0. The third-order valence-electron chi connectivity index (χ3n) is 3.25. The molecule has 1 fully saturated rings. The Hall–Kier alpha value is -0.500. The minimum absolute atomic E-state index is 0.0425. The molecule has 0 bridgehead atoms. The quantitative estimate of drug-likeness (QED) is 0.624. The van der Waals surface area contributed by atoms with Gasteiger partial charge in [0.1, 0.15) is 0 Å². The van der Waals surface area contributed by atoms with Crippen LogP contribution >= 0.6 is 0 Å². The lowest BCUT2D eigenvalue weighted by atomic mass is 9.73. The average Bonchev–Trinajstić information content (AvgIpc) is 2.35. The smallest absolute Gasteiger partial charge is 0.0883 e. The minimum Gasteiger partial charge on any atom is -0.513 e. The van der Waals surface area contributed by atoms with Crippen molar-refractivity contribution < 1.29 is 9.84 Å². The maximum Gasteiger partial charge on any atom is 0.0883 e. The van der Waals surface area contributed by atoms with Crippen LogP contribution in [-0.2, 0) is 4.74 Å². The number of allylic oxidation sites excluding steroid dienone is 2. The maximum atomic E-state index is 9.30. The number of aliphatic hydroxyl groups is 1. The van der Waals surface area contributed by atoms with E-state index >= 15 is 0 Å². The zero-order valence-corrected chi connectivity index (χ0v) is 8.47. The van der Waals surface area contributed by atoms with Crippen LogP contribution in [0, 0.1) is 5.41 Å². The van der Waals surface area contributed by atoms with Crippen molar-refractivity contribution in [2.45, 2.75) is 45.1 Å². The van der Waals surface area contributed by atoms with E-state index in [1.807, 2.05) is 6.08 Å². The Morgan fingerprint density at radius 2 is 2.23 bits per heavy atom. The molecule has 1 aliphatic heterocycles. The van der Waals surface area contributed by atoms with Crippen LogP contribution in [0.2, 0.25) is 0 Å². The van der Waals surface area contributed by atoms with E-state index < -0.39 is 0 Å². The first-order chi connectivity index (χ1) is 6.02. The highest BCUT2D eigenvalue weighted by atomic mass is 16.5. The van der Waals surface area contributed by atoms with Crippen LogP contribution in [0.1, 0.15) is 39.5 Å². The molecule has 2 aliphatic rings. The van der Waals surface area contributed by atoms with E-state index in [2.05, 4.69) is 13.8 Å². The summed E-state index contributed by atoms with van der Waals surface area (Å²) in [6, 6.07) is 0. The van der Waals surface area contributed by atoms with Gasteiger partial charge in [0.2, 0.25) is 0 Å². The van der Waals surface area contributed by atoms with Crippen LogP contribution in [0.3, 0.4) is 0 Å². The van der Waals surface area contributed by atoms with E-state index in [9.17, 15) is 5.11 Å². The van der Waals surface area contributed by atoms with Crippen molar-refractivity contribution in [2.75, 3.05) is 6.61 Å². The second-order valence-corrected chi connectivity index (χ2v) is 5.12. The first-order valence-electron chi connectivity index (χ1n) is 5.03. The molecule has 0 aromatic carbocycles. The molecule has 1 atom stereocenters. The number of hydrogen-bond acceptors (Lipinski definition) is 2. The first-order valence-corrected chi connectivity index (χ1v) is 5.03. The lowest BCUT2D eigenvalue weighted by Gasteiger charge is -2.30. The van der Waals surface area contributed by atoms with Gasteiger partial charge in [-0.05, 0) is 39.2 Å². The predicted molar refractivity (Wildman–Crippen MR) is 51.6 cm³/mol. The Balaban J connectivity index is 2.09. The molecule has 2 rings (SSSR count). The molecule has 1 N–H and O–H groups in total. The fourth-order valence-corrected chi connectivity index (χ4v) is 2.58. The number of hydrogen-bond donors (Lipinski definition) is 1. The normalized spacial score (nSPS) is 37.8. The van der Waals surface area contributed by atoms with E-state index in [1.54, 1.807) is 0 Å². The van der Waals surface area contributed by atoms with Gasteiger partial charge in [0.25, 0.3) is 0 Å². The molecule has 13 heavy (non-hydrogen) atoms. The Bertz CT molecular complexity index is 242. The van der Waals surface area contributed by atoms with Gasteiger partial charge in [-0.15, -0.1) is 0 Å². The van der Waals surface area contributed by atoms with Crippen molar-refractivity contribution in [3.8, 4) is 0 Å². The molecule has 2 nitrogen and oxygen atoms in total. The summed E-state index contributed by atoms with van der Waals surface area (Å²) in [4.78, 5) is 0. The van der Waals surface area contributed by atoms with Gasteiger partial charge in [0.15, 0.2) is 0 Å². The standard InChI is InChI=1S/C11H18O2/c1-10(2)7-11(8-13-10)5-3-9(12)4-6-11/h3,12H,4-8H2,1-2H3. The van der Waals surface area contributed by atoms with Crippen LogP contribution < -0.4 is 0 Å². The van der Waals surface area contributed by atoms with Gasteiger partial charge in [-0.1, -0.05) is 0 Å². The van der Waals surface area contributed by atoms with Gasteiger partial charge in [0.05, 0.1) is 18.0 Å². The average molecular weight is 182 g/mol. The van der Waals surface area contributed by atoms with E-state index in [0.29, 0.717) is 11.2 Å². The molecule has 1 spiro atoms. The molecular formula is C11H18O2. The van der Waals surface area contributed by atoms with Crippen molar-refractivity contribution in [2.24, 2.45) is 5.41 Å². The Kier molecular flexibility index (Phi) is 1.91. The maximum absolute atomic E-state index is 9.30. The molecular weight excluding hydrogens is 164 g/mol. The summed E-state index contributed by atoms with van der Waals surface area (Å²) in [6.07, 6.45) is 6.00. The molecule has 0 amide bonds. The Labute approximate surface area is 79.6 Å². The van der Waals surface area contributed by atoms with Gasteiger partial charge < -0.3 is 9.84 Å². The van der Waals surface area contributed by atoms with E-state index in [4.69, 9.17) is 4.74 Å². The summed E-state index contributed by atoms with van der Waals surface area (Å²) in [5, 5.41) is 9.30. The summed E-state index contributed by atoms with van der Waals surface area (Å²) in [6.45, 7) is 5.17. The molecule has 0 aromatic rings. The molecule has 0 radical (unpaired) electrons. The van der Waals surface area contributed by atoms with Crippen molar-refractivity contribution in [3.05, 3.63) is 11.8 Å². The van der Waals surface area contributed by atoms with Crippen molar-refractivity contribution in [1.82, 2.24) is 0 Å². The second-order valence-electron chi connectivity index (χ2n) is 5.12. The molecule has 0 saturated carbocycles. The highest BCUT2D eigenvalue weighted by Crippen LogP contribution is 2.47. The van der Waals surface area contributed by atoms with Crippen LogP contribution in [0.15, 0.2) is 11.8 Å². The second kappa shape index (κ2) is 2.74. The monoisotopic (exact) mass is 182 g/mol. The molecule has 1 saturated heterocycles. The van der Waals surface area contributed by atoms with Crippen LogP contribution in [0.25, 0.3) is 0 Å². The fourth-order valence-electron chi connectivity index (χ4n) is 2.58. The van der Waals surface area contributed by atoms with Crippen LogP contribution in [-0.4, -0.2) is 17.3 Å². The SMILES string of the molecule is CC1(C)CC2(CC=C(O)CC2)CO1. The zero-order valence-electron chi connectivity index (χ0n) is 8.47. The molecule has 0 aromatic heterocycles. The third-order valence-corrected chi connectivity index (χ3v) is 3.25. The lowest BCUT2D eigenvalue weighted by Crippen LogP contribution is -2.25. The van der Waals surface area contributed by atoms with Crippen molar-refractivity contribution >= 4 is 0 Å². The molecule has 1 unspecified atom stereocenters. The highest BCUT2D eigenvalue weighted by Gasteiger charge is 2.44. The number of aliphatic hydroxyl groups excluding tert-OH is 1. The van der Waals surface area contributed by atoms with Gasteiger partial charge >= 0.3 is 0 Å². The van der Waals surface area contributed by atoms with Crippen molar-refractivity contribution in [1.29, 1.82) is 0 Å². The predicted octanol–water partition coefficient (Wildman–Crippen LogP) is 2.80. The van der Waals surface area contributed by atoms with E-state index in [-0.39, 0.29) is 5.60 Å². The summed E-state index contributed by atoms with van der Waals surface area (Å²) < 4.78 is 5.76. The van der Waals surface area contributed by atoms with E-state index in [1.165, 1.54) is 0 Å². The summed E-state index contributed by atoms with van der Waals surface area (Å²) >= 11 is 0. The van der Waals surface area contributed by atoms with Gasteiger partial charge in [-0.25, -0.2) is 0 Å². The fraction of sp³-hybridized carbons (Fsp3) is 0.818. The molecule has 1 aliphatic carbocycles. The van der Waals surface area contributed by atoms with E-state index in [0.717, 1.165) is 32.3 Å². The van der Waals surface area contributed by atoms with Crippen LogP contribution in [0.4, 0.5) is 0 Å². The van der Waals surface area contributed by atoms with Gasteiger partial charge in [-0.2, -0.15) is 0 Å². The number of rotatable bonds is 0. The van der Waals surface area contributed by atoms with Crippen LogP contribution in [0.5, 0.6) is 0 Å². The van der Waals surface area contributed by atoms with Gasteiger partial charge in [-0.3, -0.25) is 0 Å². The first kappa shape index (κ1) is 9.07. The Morgan fingerprint density at radius 1 is 1.46 bits per heavy atom. The molecule has 2 heteroatoms. The Morgan fingerprint density at radius 3 is 2.69 bits per heavy atom. The molecule has 74 valence electrons. The number of ether oxygens (including phenoxy) is 1.